The third kappa shape index (κ3) is 9.18. The summed E-state index contributed by atoms with van der Waals surface area (Å²) in [6.07, 6.45) is -4.61. The number of carbonyl (C=O) groups is 6. The van der Waals surface area contributed by atoms with Gasteiger partial charge in [0.15, 0.2) is 23.0 Å². The van der Waals surface area contributed by atoms with Crippen LogP contribution in [0, 0.1) is 0 Å². The minimum absolute atomic E-state index is 0.0222. The molecule has 2 N–H and O–H groups in total. The summed E-state index contributed by atoms with van der Waals surface area (Å²) < 4.78 is 30.7. The first kappa shape index (κ1) is 33.9. The van der Waals surface area contributed by atoms with Crippen LogP contribution in [0.3, 0.4) is 0 Å². The van der Waals surface area contributed by atoms with Crippen LogP contribution in [-0.4, -0.2) is 67.3 Å². The van der Waals surface area contributed by atoms with Gasteiger partial charge in [-0.3, -0.25) is 14.4 Å². The lowest BCUT2D eigenvalue weighted by molar-refractivity contribution is -0.157. The number of amides is 1. The molecule has 0 unspecified atom stereocenters. The van der Waals surface area contributed by atoms with Gasteiger partial charge in [0.25, 0.3) is 5.91 Å². The van der Waals surface area contributed by atoms with Crippen LogP contribution in [-0.2, 0) is 28.7 Å². The van der Waals surface area contributed by atoms with Crippen molar-refractivity contribution in [2.45, 2.75) is 26.1 Å². The molecule has 14 nitrogen and oxygen atoms in total. The van der Waals surface area contributed by atoms with E-state index in [0.717, 1.165) is 32.0 Å². The maximum atomic E-state index is 13.3. The molecule has 0 heterocycles. The number of benzene rings is 3. The number of rotatable bonds is 12. The predicted molar refractivity (Wildman–Crippen MR) is 155 cm³/mol. The van der Waals surface area contributed by atoms with Crippen molar-refractivity contribution in [1.82, 2.24) is 0 Å². The van der Waals surface area contributed by atoms with Crippen molar-refractivity contribution < 1.29 is 62.3 Å². The number of halogens is 1. The Bertz CT molecular complexity index is 1620. The second kappa shape index (κ2) is 15.2. The van der Waals surface area contributed by atoms with Crippen LogP contribution in [0.1, 0.15) is 34.6 Å². The highest BCUT2D eigenvalue weighted by Gasteiger charge is 2.41. The van der Waals surface area contributed by atoms with E-state index in [1.165, 1.54) is 56.7 Å². The molecule has 3 aromatic rings. The third-order valence-electron chi connectivity index (χ3n) is 5.66. The predicted octanol–water partition coefficient (Wildman–Crippen LogP) is 3.68. The molecule has 0 aromatic heterocycles. The summed E-state index contributed by atoms with van der Waals surface area (Å²) in [7, 11) is 2.48. The van der Waals surface area contributed by atoms with E-state index in [1.807, 2.05) is 0 Å². The summed E-state index contributed by atoms with van der Waals surface area (Å²) in [6.45, 7) is 2.31. The number of carboxylic acids is 1. The van der Waals surface area contributed by atoms with E-state index in [1.54, 1.807) is 0 Å². The van der Waals surface area contributed by atoms with E-state index >= 15 is 0 Å². The summed E-state index contributed by atoms with van der Waals surface area (Å²) in [4.78, 5) is 74.6. The molecule has 15 heteroatoms. The Labute approximate surface area is 260 Å². The highest BCUT2D eigenvalue weighted by Crippen LogP contribution is 2.30. The first-order valence-corrected chi connectivity index (χ1v) is 13.1. The van der Waals surface area contributed by atoms with Gasteiger partial charge in [-0.05, 0) is 60.7 Å². The van der Waals surface area contributed by atoms with Crippen molar-refractivity contribution in [2.24, 2.45) is 0 Å². The molecule has 0 aliphatic rings. The van der Waals surface area contributed by atoms with Gasteiger partial charge in [-0.15, -0.1) is 0 Å². The van der Waals surface area contributed by atoms with Crippen molar-refractivity contribution in [3.63, 3.8) is 0 Å². The molecule has 0 aliphatic heterocycles. The van der Waals surface area contributed by atoms with Crippen molar-refractivity contribution in [3.05, 3.63) is 76.8 Å². The standard InChI is InChI=1S/C30H26ClNO13/c1-15(33)42-21-11-5-17(13-23(21)40-3)29(38)44-25(27(35)32-20-9-7-19(31)8-10-20)26(28(36)37)45-30(39)18-6-12-22(43-16(2)34)24(14-18)41-4/h5-14,25-26H,1-4H3,(H,32,35)(H,36,37)/t25-,26-/m0/s1. The second-order valence-corrected chi connectivity index (χ2v) is 9.34. The van der Waals surface area contributed by atoms with Crippen LogP contribution in [0.5, 0.6) is 23.0 Å². The smallest absolute Gasteiger partial charge is 0.349 e. The van der Waals surface area contributed by atoms with Gasteiger partial charge in [0.2, 0.25) is 12.2 Å². The molecule has 0 spiro atoms. The van der Waals surface area contributed by atoms with E-state index in [-0.39, 0.29) is 39.8 Å². The molecule has 0 aliphatic carbocycles. The minimum atomic E-state index is -2.37. The molecule has 3 rings (SSSR count). The number of carboxylic acid groups (broad SMARTS) is 1. The highest BCUT2D eigenvalue weighted by atomic mass is 35.5. The summed E-state index contributed by atoms with van der Waals surface area (Å²) in [6, 6.07) is 12.7. The van der Waals surface area contributed by atoms with Crippen LogP contribution in [0.15, 0.2) is 60.7 Å². The normalized spacial score (nSPS) is 11.7. The number of aliphatic carboxylic acids is 1. The summed E-state index contributed by atoms with van der Waals surface area (Å²) in [5, 5.41) is 12.7. The Kier molecular flexibility index (Phi) is 11.4. The van der Waals surface area contributed by atoms with Gasteiger partial charge in [0.05, 0.1) is 25.3 Å². The quantitative estimate of drug-likeness (QED) is 0.215. The number of carbonyl (C=O) groups excluding carboxylic acids is 5. The average molecular weight is 644 g/mol. The summed E-state index contributed by atoms with van der Waals surface area (Å²) >= 11 is 5.89. The Morgan fingerprint density at radius 3 is 1.51 bits per heavy atom. The molecular weight excluding hydrogens is 618 g/mol. The second-order valence-electron chi connectivity index (χ2n) is 8.90. The first-order chi connectivity index (χ1) is 21.3. The fourth-order valence-corrected chi connectivity index (χ4v) is 3.80. The number of hydrogen-bond donors (Lipinski definition) is 2. The van der Waals surface area contributed by atoms with Crippen LogP contribution in [0.25, 0.3) is 0 Å². The van der Waals surface area contributed by atoms with Crippen molar-refractivity contribution >= 4 is 53.0 Å². The molecule has 1 amide bonds. The minimum Gasteiger partial charge on any atom is -0.493 e. The monoisotopic (exact) mass is 643 g/mol. The van der Waals surface area contributed by atoms with Crippen molar-refractivity contribution in [1.29, 1.82) is 0 Å². The summed E-state index contributed by atoms with van der Waals surface area (Å²) in [5.74, 6) is -6.94. The zero-order chi connectivity index (χ0) is 33.3. The van der Waals surface area contributed by atoms with E-state index in [9.17, 15) is 33.9 Å². The van der Waals surface area contributed by atoms with Gasteiger partial charge < -0.3 is 38.8 Å². The molecule has 3 aromatic carbocycles. The molecule has 2 atom stereocenters. The Balaban J connectivity index is 1.96. The molecule has 0 saturated carbocycles. The van der Waals surface area contributed by atoms with Crippen molar-refractivity contribution in [3.8, 4) is 23.0 Å². The van der Waals surface area contributed by atoms with Gasteiger partial charge in [-0.1, -0.05) is 11.6 Å². The Morgan fingerprint density at radius 2 is 1.11 bits per heavy atom. The zero-order valence-corrected chi connectivity index (χ0v) is 24.9. The lowest BCUT2D eigenvalue weighted by Crippen LogP contribution is -2.48. The Hall–Kier alpha value is -5.63. The Morgan fingerprint density at radius 1 is 0.667 bits per heavy atom. The third-order valence-corrected chi connectivity index (χ3v) is 5.91. The lowest BCUT2D eigenvalue weighted by Gasteiger charge is -2.24. The number of nitrogens with one attached hydrogen (secondary N) is 1. The van der Waals surface area contributed by atoms with Crippen molar-refractivity contribution in [2.75, 3.05) is 19.5 Å². The average Bonchev–Trinajstić information content (AvgIpc) is 2.99. The first-order valence-electron chi connectivity index (χ1n) is 12.8. The van der Waals surface area contributed by atoms with Gasteiger partial charge in [0, 0.05) is 24.6 Å². The fourth-order valence-electron chi connectivity index (χ4n) is 3.68. The fraction of sp³-hybridized carbons (Fsp3) is 0.200. The largest absolute Gasteiger partial charge is 0.493 e. The number of esters is 4. The maximum absolute atomic E-state index is 13.3. The van der Waals surface area contributed by atoms with Crippen LogP contribution < -0.4 is 24.3 Å². The molecule has 0 fully saturated rings. The number of anilines is 1. The van der Waals surface area contributed by atoms with Gasteiger partial charge >= 0.3 is 29.8 Å². The van der Waals surface area contributed by atoms with Gasteiger partial charge in [-0.25, -0.2) is 14.4 Å². The maximum Gasteiger partial charge on any atom is 0.349 e. The van der Waals surface area contributed by atoms with E-state index < -0.39 is 48.0 Å². The van der Waals surface area contributed by atoms with E-state index in [2.05, 4.69) is 5.32 Å². The van der Waals surface area contributed by atoms with Gasteiger partial charge in [0.1, 0.15) is 0 Å². The SMILES string of the molecule is COc1cc(C(=O)O[C@H](C(=O)O)[C@H](OC(=O)c2ccc(OC(C)=O)c(OC)c2)C(=O)Nc2ccc(Cl)cc2)ccc1OC(C)=O. The summed E-state index contributed by atoms with van der Waals surface area (Å²) in [5.41, 5.74) is -0.324. The molecule has 236 valence electrons. The molecule has 0 bridgehead atoms. The zero-order valence-electron chi connectivity index (χ0n) is 24.2. The number of ether oxygens (including phenoxy) is 6. The number of methoxy groups -OCH3 is 2. The van der Waals surface area contributed by atoms with E-state index in [0.29, 0.717) is 5.02 Å². The molecular formula is C30H26ClNO13. The van der Waals surface area contributed by atoms with Gasteiger partial charge in [-0.2, -0.15) is 0 Å². The van der Waals surface area contributed by atoms with Crippen LogP contribution >= 0.6 is 11.6 Å². The lowest BCUT2D eigenvalue weighted by atomic mass is 10.1. The van der Waals surface area contributed by atoms with E-state index in [4.69, 9.17) is 40.0 Å². The molecule has 45 heavy (non-hydrogen) atoms. The van der Waals surface area contributed by atoms with Crippen LogP contribution in [0.2, 0.25) is 5.02 Å². The molecule has 0 radical (unpaired) electrons. The topological polar surface area (TPSA) is 190 Å². The van der Waals surface area contributed by atoms with Crippen LogP contribution in [0.4, 0.5) is 5.69 Å². The highest BCUT2D eigenvalue weighted by molar-refractivity contribution is 6.30. The molecule has 0 saturated heterocycles. The number of hydrogen-bond acceptors (Lipinski definition) is 12.